The number of hydrogen-bond donors (Lipinski definition) is 0. The lowest BCUT2D eigenvalue weighted by Gasteiger charge is -2.45. The van der Waals surface area contributed by atoms with Gasteiger partial charge in [-0.1, -0.05) is 165 Å². The van der Waals surface area contributed by atoms with E-state index in [0.29, 0.717) is 11.8 Å². The maximum atomic E-state index is 2.57. The Labute approximate surface area is 238 Å². The van der Waals surface area contributed by atoms with Crippen molar-refractivity contribution in [3.05, 3.63) is 119 Å². The second-order valence-electron chi connectivity index (χ2n) is 14.0. The molecule has 39 heavy (non-hydrogen) atoms. The first kappa shape index (κ1) is 27.7. The molecule has 0 bridgehead atoms. The van der Waals surface area contributed by atoms with Gasteiger partial charge in [-0.15, -0.1) is 0 Å². The van der Waals surface area contributed by atoms with E-state index in [1.54, 1.807) is 0 Å². The quantitative estimate of drug-likeness (QED) is 0.261. The third-order valence-electron chi connectivity index (χ3n) is 9.36. The fourth-order valence-corrected chi connectivity index (χ4v) is 7.12. The first-order valence-electron chi connectivity index (χ1n) is 15.3. The first-order valence-corrected chi connectivity index (χ1v) is 15.3. The van der Waals surface area contributed by atoms with Gasteiger partial charge in [-0.3, -0.25) is 0 Å². The molecule has 0 nitrogen and oxygen atoms in total. The van der Waals surface area contributed by atoms with Crippen molar-refractivity contribution in [3.63, 3.8) is 0 Å². The van der Waals surface area contributed by atoms with E-state index < -0.39 is 0 Å². The lowest BCUT2D eigenvalue weighted by atomic mass is 9.57. The van der Waals surface area contributed by atoms with Crippen LogP contribution in [0.15, 0.2) is 91.0 Å². The predicted molar refractivity (Wildman–Crippen MR) is 170 cm³/mol. The maximum absolute atomic E-state index is 2.57. The summed E-state index contributed by atoms with van der Waals surface area (Å²) < 4.78 is 0. The highest BCUT2D eigenvalue weighted by molar-refractivity contribution is 5.81. The van der Waals surface area contributed by atoms with Crippen LogP contribution < -0.4 is 0 Å². The van der Waals surface area contributed by atoms with E-state index in [1.165, 1.54) is 71.0 Å². The van der Waals surface area contributed by atoms with Gasteiger partial charge in [0.2, 0.25) is 0 Å². The molecule has 5 rings (SSSR count). The van der Waals surface area contributed by atoms with Crippen molar-refractivity contribution >= 4 is 0 Å². The molecule has 0 amide bonds. The minimum Gasteiger partial charge on any atom is -0.0767 e. The van der Waals surface area contributed by atoms with E-state index in [4.69, 9.17) is 0 Å². The maximum Gasteiger partial charge on any atom is 0.0207 e. The molecule has 0 radical (unpaired) electrons. The average Bonchev–Trinajstić information content (AvgIpc) is 3.55. The van der Waals surface area contributed by atoms with Gasteiger partial charge in [0.15, 0.2) is 0 Å². The molecule has 0 saturated carbocycles. The summed E-state index contributed by atoms with van der Waals surface area (Å²) in [7, 11) is 0. The molecule has 2 aliphatic rings. The van der Waals surface area contributed by atoms with E-state index in [-0.39, 0.29) is 16.2 Å². The van der Waals surface area contributed by atoms with Crippen molar-refractivity contribution in [1.29, 1.82) is 0 Å². The molecule has 0 fully saturated rings. The van der Waals surface area contributed by atoms with Gasteiger partial charge < -0.3 is 0 Å². The Morgan fingerprint density at radius 3 is 1.62 bits per heavy atom. The second-order valence-corrected chi connectivity index (χ2v) is 14.0. The van der Waals surface area contributed by atoms with Crippen molar-refractivity contribution in [3.8, 4) is 11.1 Å². The Morgan fingerprint density at radius 1 is 0.590 bits per heavy atom. The van der Waals surface area contributed by atoms with Gasteiger partial charge in [0, 0.05) is 17.3 Å². The third-order valence-corrected chi connectivity index (χ3v) is 9.36. The summed E-state index contributed by atoms with van der Waals surface area (Å²) in [5.74, 6) is 0.662. The monoisotopic (exact) mass is 516 g/mol. The Bertz CT molecular complexity index is 1280. The Morgan fingerprint density at radius 2 is 1.13 bits per heavy atom. The fourth-order valence-electron chi connectivity index (χ4n) is 7.12. The zero-order valence-electron chi connectivity index (χ0n) is 25.4. The van der Waals surface area contributed by atoms with Crippen LogP contribution in [0, 0.1) is 5.92 Å². The number of rotatable bonds is 8. The van der Waals surface area contributed by atoms with Crippen LogP contribution >= 0.6 is 0 Å². The summed E-state index contributed by atoms with van der Waals surface area (Å²) in [5, 5.41) is 0. The highest BCUT2D eigenvalue weighted by Gasteiger charge is 2.50. The van der Waals surface area contributed by atoms with Crippen LogP contribution in [-0.4, -0.2) is 0 Å². The van der Waals surface area contributed by atoms with E-state index >= 15 is 0 Å². The zero-order valence-corrected chi connectivity index (χ0v) is 25.4. The SMILES string of the molecule is CCCCCCC(c1ccccc1)(C1C=CC=C1)C1c2cc(C(C)(C)C)ccc2-c2ccc(C(C)(C)C)cc21. The third kappa shape index (κ3) is 5.08. The molecule has 0 N–H and O–H groups in total. The molecule has 0 heterocycles. The molecule has 2 aliphatic carbocycles. The summed E-state index contributed by atoms with van der Waals surface area (Å²) in [4.78, 5) is 0. The molecule has 3 aromatic carbocycles. The van der Waals surface area contributed by atoms with Gasteiger partial charge in [-0.2, -0.15) is 0 Å². The molecular weight excluding hydrogens is 468 g/mol. The van der Waals surface area contributed by atoms with Gasteiger partial charge in [-0.05, 0) is 56.2 Å². The molecule has 0 saturated heterocycles. The van der Waals surface area contributed by atoms with Crippen LogP contribution in [0.1, 0.15) is 114 Å². The zero-order chi connectivity index (χ0) is 27.8. The van der Waals surface area contributed by atoms with Crippen molar-refractivity contribution in [2.45, 2.75) is 103 Å². The van der Waals surface area contributed by atoms with E-state index in [1.807, 2.05) is 0 Å². The van der Waals surface area contributed by atoms with Gasteiger partial charge in [0.1, 0.15) is 0 Å². The van der Waals surface area contributed by atoms with E-state index in [9.17, 15) is 0 Å². The summed E-state index contributed by atoms with van der Waals surface area (Å²) in [6.45, 7) is 16.4. The number of unbranched alkanes of at least 4 members (excludes halogenated alkanes) is 3. The minimum atomic E-state index is -0.0501. The molecule has 3 aromatic rings. The molecule has 0 spiro atoms. The predicted octanol–water partition coefficient (Wildman–Crippen LogP) is 11.0. The molecule has 0 heteroatoms. The molecule has 0 aromatic heterocycles. The lowest BCUT2D eigenvalue weighted by Crippen LogP contribution is -2.40. The highest BCUT2D eigenvalue weighted by atomic mass is 14.5. The molecular formula is C39H48. The standard InChI is InChI=1S/C39H48/c1-8-9-10-16-25-39(29-19-14-15-20-29,28-17-12-11-13-18-28)36-34-26-30(37(2,3)4)21-23-32(34)33-24-22-31(27-35(33)36)38(5,6)7/h11-15,17-24,26-27,29,36H,8-10,16,25H2,1-7H3. The average molecular weight is 517 g/mol. The first-order chi connectivity index (χ1) is 18.6. The van der Waals surface area contributed by atoms with Crippen LogP contribution in [0.4, 0.5) is 0 Å². The van der Waals surface area contributed by atoms with E-state index in [0.717, 1.165) is 0 Å². The summed E-state index contributed by atoms with van der Waals surface area (Å²) in [6.07, 6.45) is 15.8. The van der Waals surface area contributed by atoms with Gasteiger partial charge in [0.25, 0.3) is 0 Å². The van der Waals surface area contributed by atoms with Crippen LogP contribution in [0.2, 0.25) is 0 Å². The molecule has 0 aliphatic heterocycles. The number of benzene rings is 3. The summed E-state index contributed by atoms with van der Waals surface area (Å²) in [5.41, 5.74) is 10.4. The van der Waals surface area contributed by atoms with E-state index in [2.05, 4.69) is 140 Å². The Balaban J connectivity index is 1.82. The molecule has 1 unspecified atom stereocenters. The second kappa shape index (κ2) is 10.6. The Kier molecular flexibility index (Phi) is 7.53. The van der Waals surface area contributed by atoms with Crippen molar-refractivity contribution in [2.75, 3.05) is 0 Å². The highest BCUT2D eigenvalue weighted by Crippen LogP contribution is 2.60. The normalized spacial score (nSPS) is 16.9. The van der Waals surface area contributed by atoms with Crippen molar-refractivity contribution in [1.82, 2.24) is 0 Å². The largest absolute Gasteiger partial charge is 0.0767 e. The topological polar surface area (TPSA) is 0 Å². The summed E-state index contributed by atoms with van der Waals surface area (Å²) in [6, 6.07) is 26.3. The number of fused-ring (bicyclic) bond motifs is 3. The Hall–Kier alpha value is -2.86. The van der Waals surface area contributed by atoms with Gasteiger partial charge in [0.05, 0.1) is 0 Å². The van der Waals surface area contributed by atoms with Crippen LogP contribution in [0.25, 0.3) is 11.1 Å². The summed E-state index contributed by atoms with van der Waals surface area (Å²) >= 11 is 0. The fraction of sp³-hybridized carbons (Fsp3) is 0.436. The van der Waals surface area contributed by atoms with Crippen molar-refractivity contribution in [2.24, 2.45) is 5.92 Å². The van der Waals surface area contributed by atoms with Crippen LogP contribution in [0.3, 0.4) is 0 Å². The van der Waals surface area contributed by atoms with Gasteiger partial charge >= 0.3 is 0 Å². The van der Waals surface area contributed by atoms with Crippen molar-refractivity contribution < 1.29 is 0 Å². The smallest absolute Gasteiger partial charge is 0.0207 e. The molecule has 204 valence electrons. The minimum absolute atomic E-state index is 0.0501. The van der Waals surface area contributed by atoms with Gasteiger partial charge in [-0.25, -0.2) is 0 Å². The van der Waals surface area contributed by atoms with Crippen LogP contribution in [-0.2, 0) is 16.2 Å². The molecule has 1 atom stereocenters. The van der Waals surface area contributed by atoms with Crippen LogP contribution in [0.5, 0.6) is 0 Å². The lowest BCUT2D eigenvalue weighted by molar-refractivity contribution is 0.288. The number of hydrogen-bond acceptors (Lipinski definition) is 0. The number of allylic oxidation sites excluding steroid dienone is 4.